The molecule has 1 aromatic carbocycles. The number of nitro benzene ring substituents is 1. The van der Waals surface area contributed by atoms with Gasteiger partial charge in [0, 0.05) is 24.8 Å². The van der Waals surface area contributed by atoms with E-state index in [0.717, 1.165) is 5.69 Å². The highest BCUT2D eigenvalue weighted by molar-refractivity contribution is 5.66. The lowest BCUT2D eigenvalue weighted by atomic mass is 10.2. The summed E-state index contributed by atoms with van der Waals surface area (Å²) in [4.78, 5) is 11.9. The second kappa shape index (κ2) is 5.86. The lowest BCUT2D eigenvalue weighted by molar-refractivity contribution is -0.383. The molecule has 0 atom stereocenters. The Bertz CT molecular complexity index is 420. The molecule has 3 N–H and O–H groups in total. The van der Waals surface area contributed by atoms with Gasteiger partial charge in [0.25, 0.3) is 5.69 Å². The normalized spacial score (nSPS) is 9.94. The fourth-order valence-corrected chi connectivity index (χ4v) is 1.51. The van der Waals surface area contributed by atoms with Crippen molar-refractivity contribution in [2.75, 3.05) is 30.3 Å². The smallest absolute Gasteiger partial charge is 0.292 e. The van der Waals surface area contributed by atoms with Crippen LogP contribution in [-0.4, -0.2) is 29.7 Å². The van der Waals surface area contributed by atoms with Crippen LogP contribution in [0.3, 0.4) is 0 Å². The van der Waals surface area contributed by atoms with E-state index in [2.05, 4.69) is 6.58 Å². The Balaban J connectivity index is 3.01. The minimum absolute atomic E-state index is 0.00919. The molecule has 0 unspecified atom stereocenters. The van der Waals surface area contributed by atoms with E-state index < -0.39 is 4.92 Å². The molecule has 0 heterocycles. The number of aliphatic hydroxyl groups is 1. The lowest BCUT2D eigenvalue weighted by Gasteiger charge is -2.22. The van der Waals surface area contributed by atoms with Gasteiger partial charge in [-0.25, -0.2) is 0 Å². The van der Waals surface area contributed by atoms with Crippen molar-refractivity contribution in [2.45, 2.75) is 0 Å². The highest BCUT2D eigenvalue weighted by Crippen LogP contribution is 2.26. The fourth-order valence-electron chi connectivity index (χ4n) is 1.51. The molecular weight excluding hydrogens is 222 g/mol. The van der Waals surface area contributed by atoms with Crippen LogP contribution in [0.1, 0.15) is 0 Å². The fraction of sp³-hybridized carbons (Fsp3) is 0.273. The molecule has 92 valence electrons. The first kappa shape index (κ1) is 13.0. The van der Waals surface area contributed by atoms with Crippen LogP contribution < -0.4 is 10.6 Å². The summed E-state index contributed by atoms with van der Waals surface area (Å²) in [6, 6.07) is 4.49. The summed E-state index contributed by atoms with van der Waals surface area (Å²) in [7, 11) is 0. The number of aliphatic hydroxyl groups excluding tert-OH is 1. The van der Waals surface area contributed by atoms with Crippen LogP contribution in [0.5, 0.6) is 0 Å². The molecule has 0 saturated heterocycles. The van der Waals surface area contributed by atoms with Crippen molar-refractivity contribution in [1.82, 2.24) is 0 Å². The van der Waals surface area contributed by atoms with Crippen molar-refractivity contribution in [3.63, 3.8) is 0 Å². The van der Waals surface area contributed by atoms with Gasteiger partial charge in [0.05, 0.1) is 11.5 Å². The van der Waals surface area contributed by atoms with Gasteiger partial charge in [-0.1, -0.05) is 6.08 Å². The molecule has 0 aliphatic rings. The van der Waals surface area contributed by atoms with Crippen LogP contribution in [-0.2, 0) is 0 Å². The van der Waals surface area contributed by atoms with Gasteiger partial charge >= 0.3 is 0 Å². The summed E-state index contributed by atoms with van der Waals surface area (Å²) in [5, 5.41) is 19.5. The second-order valence-corrected chi connectivity index (χ2v) is 3.46. The van der Waals surface area contributed by atoms with E-state index >= 15 is 0 Å². The maximum atomic E-state index is 10.6. The first-order valence-electron chi connectivity index (χ1n) is 5.10. The number of nitro groups is 1. The molecule has 0 aliphatic carbocycles. The number of hydrogen-bond acceptors (Lipinski definition) is 5. The molecule has 0 spiro atoms. The van der Waals surface area contributed by atoms with E-state index in [9.17, 15) is 10.1 Å². The molecule has 0 amide bonds. The first-order chi connectivity index (χ1) is 8.10. The molecule has 0 radical (unpaired) electrons. The summed E-state index contributed by atoms with van der Waals surface area (Å²) in [5.74, 6) is 0. The third kappa shape index (κ3) is 3.18. The molecule has 0 bridgehead atoms. The van der Waals surface area contributed by atoms with Crippen LogP contribution in [0, 0.1) is 10.1 Å². The summed E-state index contributed by atoms with van der Waals surface area (Å²) in [6.45, 7) is 4.56. The number of hydrogen-bond donors (Lipinski definition) is 2. The Hall–Kier alpha value is -2.08. The van der Waals surface area contributed by atoms with E-state index in [-0.39, 0.29) is 18.0 Å². The maximum absolute atomic E-state index is 10.6. The van der Waals surface area contributed by atoms with Crippen molar-refractivity contribution in [3.05, 3.63) is 41.0 Å². The molecule has 1 rings (SSSR count). The van der Waals surface area contributed by atoms with E-state index in [1.54, 1.807) is 12.1 Å². The van der Waals surface area contributed by atoms with Gasteiger partial charge in [0.1, 0.15) is 5.69 Å². The topological polar surface area (TPSA) is 92.6 Å². The summed E-state index contributed by atoms with van der Waals surface area (Å²) >= 11 is 0. The standard InChI is InChI=1S/C11H15N3O3/c1-2-5-13(6-7-15)9-3-4-11(14(16)17)10(12)8-9/h2-4,8,15H,1,5-7,12H2. The molecule has 0 saturated carbocycles. The molecule has 6 heteroatoms. The molecule has 6 nitrogen and oxygen atoms in total. The van der Waals surface area contributed by atoms with Crippen molar-refractivity contribution in [1.29, 1.82) is 0 Å². The average molecular weight is 237 g/mol. The number of rotatable bonds is 6. The van der Waals surface area contributed by atoms with Crippen molar-refractivity contribution < 1.29 is 10.0 Å². The van der Waals surface area contributed by atoms with Gasteiger partial charge in [0.15, 0.2) is 0 Å². The zero-order chi connectivity index (χ0) is 12.8. The minimum Gasteiger partial charge on any atom is -0.395 e. The predicted molar refractivity (Wildman–Crippen MR) is 67.0 cm³/mol. The van der Waals surface area contributed by atoms with Crippen LogP contribution in [0.4, 0.5) is 17.1 Å². The van der Waals surface area contributed by atoms with Crippen molar-refractivity contribution in [2.24, 2.45) is 0 Å². The zero-order valence-corrected chi connectivity index (χ0v) is 9.37. The van der Waals surface area contributed by atoms with Crippen molar-refractivity contribution in [3.8, 4) is 0 Å². The lowest BCUT2D eigenvalue weighted by Crippen LogP contribution is -2.26. The predicted octanol–water partition coefficient (Wildman–Crippen LogP) is 1.16. The SMILES string of the molecule is C=CCN(CCO)c1ccc([N+](=O)[O-])c(N)c1. The highest BCUT2D eigenvalue weighted by Gasteiger charge is 2.13. The Morgan fingerprint density at radius 1 is 1.59 bits per heavy atom. The minimum atomic E-state index is -0.525. The first-order valence-corrected chi connectivity index (χ1v) is 5.10. The summed E-state index contributed by atoms with van der Waals surface area (Å²) in [5.41, 5.74) is 6.32. The Kier molecular flexibility index (Phi) is 4.47. The van der Waals surface area contributed by atoms with E-state index in [4.69, 9.17) is 10.8 Å². The monoisotopic (exact) mass is 237 g/mol. The largest absolute Gasteiger partial charge is 0.395 e. The molecule has 0 aliphatic heterocycles. The molecule has 0 aromatic heterocycles. The average Bonchev–Trinajstić information content (AvgIpc) is 2.28. The van der Waals surface area contributed by atoms with Crippen molar-refractivity contribution >= 4 is 17.1 Å². The van der Waals surface area contributed by atoms with Gasteiger partial charge in [-0.2, -0.15) is 0 Å². The number of nitrogen functional groups attached to an aromatic ring is 1. The summed E-state index contributed by atoms with van der Waals surface area (Å²) in [6.07, 6.45) is 1.69. The van der Waals surface area contributed by atoms with Gasteiger partial charge < -0.3 is 15.7 Å². The third-order valence-electron chi connectivity index (χ3n) is 2.29. The third-order valence-corrected chi connectivity index (χ3v) is 2.29. The Morgan fingerprint density at radius 2 is 2.29 bits per heavy atom. The quantitative estimate of drug-likeness (QED) is 0.335. The number of nitrogens with two attached hydrogens (primary N) is 1. The molecular formula is C11H15N3O3. The molecule has 1 aromatic rings. The van der Waals surface area contributed by atoms with Gasteiger partial charge in [-0.05, 0) is 12.1 Å². The molecule has 17 heavy (non-hydrogen) atoms. The van der Waals surface area contributed by atoms with Crippen LogP contribution in [0.25, 0.3) is 0 Å². The number of anilines is 2. The van der Waals surface area contributed by atoms with E-state index in [1.165, 1.54) is 12.1 Å². The zero-order valence-electron chi connectivity index (χ0n) is 9.37. The number of benzene rings is 1. The van der Waals surface area contributed by atoms with Gasteiger partial charge in [-0.15, -0.1) is 6.58 Å². The van der Waals surface area contributed by atoms with Gasteiger partial charge in [-0.3, -0.25) is 10.1 Å². The Labute approximate surface area is 99.1 Å². The maximum Gasteiger partial charge on any atom is 0.292 e. The van der Waals surface area contributed by atoms with Crippen LogP contribution in [0.15, 0.2) is 30.9 Å². The second-order valence-electron chi connectivity index (χ2n) is 3.46. The van der Waals surface area contributed by atoms with E-state index in [0.29, 0.717) is 13.1 Å². The van der Waals surface area contributed by atoms with E-state index in [1.807, 2.05) is 4.90 Å². The van der Waals surface area contributed by atoms with Crippen LogP contribution in [0.2, 0.25) is 0 Å². The number of nitrogens with zero attached hydrogens (tertiary/aromatic N) is 2. The molecule has 0 fully saturated rings. The summed E-state index contributed by atoms with van der Waals surface area (Å²) < 4.78 is 0. The Morgan fingerprint density at radius 3 is 2.76 bits per heavy atom. The van der Waals surface area contributed by atoms with Crippen LogP contribution >= 0.6 is 0 Å². The van der Waals surface area contributed by atoms with Gasteiger partial charge in [0.2, 0.25) is 0 Å². The highest BCUT2D eigenvalue weighted by atomic mass is 16.6.